The molecule has 5 heteroatoms. The van der Waals surface area contributed by atoms with Gasteiger partial charge in [-0.3, -0.25) is 0 Å². The van der Waals surface area contributed by atoms with E-state index in [4.69, 9.17) is 5.73 Å². The van der Waals surface area contributed by atoms with Crippen LogP contribution in [0, 0.1) is 0 Å². The molecule has 0 radical (unpaired) electrons. The fourth-order valence-corrected chi connectivity index (χ4v) is 3.06. The van der Waals surface area contributed by atoms with Crippen LogP contribution in [0.15, 0.2) is 29.8 Å². The highest BCUT2D eigenvalue weighted by Gasteiger charge is 2.27. The zero-order valence-corrected chi connectivity index (χ0v) is 10.2. The van der Waals surface area contributed by atoms with Crippen molar-refractivity contribution in [2.24, 2.45) is 5.73 Å². The number of nitrogens with zero attached hydrogens (tertiary/aromatic N) is 3. The molecule has 2 aromatic rings. The van der Waals surface area contributed by atoms with E-state index in [0.29, 0.717) is 6.54 Å². The molecule has 17 heavy (non-hydrogen) atoms. The van der Waals surface area contributed by atoms with E-state index in [1.54, 1.807) is 16.8 Å². The van der Waals surface area contributed by atoms with E-state index in [9.17, 15) is 0 Å². The largest absolute Gasteiger partial charge is 0.338 e. The summed E-state index contributed by atoms with van der Waals surface area (Å²) in [6.45, 7) is 1.57. The number of hydrogen-bond acceptors (Lipinski definition) is 5. The van der Waals surface area contributed by atoms with Gasteiger partial charge in [-0.15, -0.1) is 10.2 Å². The molecule has 1 aliphatic rings. The Bertz CT molecular complexity index is 497. The third-order valence-electron chi connectivity index (χ3n) is 3.23. The van der Waals surface area contributed by atoms with E-state index in [0.717, 1.165) is 18.1 Å². The summed E-state index contributed by atoms with van der Waals surface area (Å²) in [5, 5.41) is 9.03. The van der Waals surface area contributed by atoms with Crippen LogP contribution < -0.4 is 10.6 Å². The Kier molecular flexibility index (Phi) is 2.78. The van der Waals surface area contributed by atoms with Crippen LogP contribution in [-0.4, -0.2) is 23.3 Å². The number of aromatic nitrogens is 2. The van der Waals surface area contributed by atoms with E-state index < -0.39 is 0 Å². The van der Waals surface area contributed by atoms with Gasteiger partial charge < -0.3 is 10.6 Å². The zero-order valence-electron chi connectivity index (χ0n) is 9.41. The molecule has 1 aromatic heterocycles. The molecular weight excluding hydrogens is 232 g/mol. The first-order valence-electron chi connectivity index (χ1n) is 5.71. The number of benzene rings is 1. The van der Waals surface area contributed by atoms with Crippen LogP contribution in [0.25, 0.3) is 0 Å². The zero-order chi connectivity index (χ0) is 11.7. The summed E-state index contributed by atoms with van der Waals surface area (Å²) in [6.07, 6.45) is 1.05. The smallest absolute Gasteiger partial charge is 0.208 e. The molecule has 0 saturated heterocycles. The third kappa shape index (κ3) is 1.81. The maximum absolute atomic E-state index is 5.93. The Hall–Kier alpha value is -1.46. The number of hydrogen-bond donors (Lipinski definition) is 1. The van der Waals surface area contributed by atoms with Crippen molar-refractivity contribution in [3.8, 4) is 0 Å². The number of fused-ring (bicyclic) bond motifs is 1. The van der Waals surface area contributed by atoms with Crippen LogP contribution in [0.2, 0.25) is 0 Å². The van der Waals surface area contributed by atoms with Gasteiger partial charge in [0.25, 0.3) is 0 Å². The van der Waals surface area contributed by atoms with E-state index >= 15 is 0 Å². The van der Waals surface area contributed by atoms with E-state index in [1.807, 2.05) is 0 Å². The predicted octanol–water partition coefficient (Wildman–Crippen LogP) is 1.60. The Morgan fingerprint density at radius 2 is 2.29 bits per heavy atom. The van der Waals surface area contributed by atoms with Crippen molar-refractivity contribution in [1.82, 2.24) is 10.2 Å². The van der Waals surface area contributed by atoms with Crippen molar-refractivity contribution >= 4 is 16.5 Å². The molecule has 1 atom stereocenters. The SMILES string of the molecule is NCC1c2ccccc2CCN1c1nncs1. The lowest BCUT2D eigenvalue weighted by molar-refractivity contribution is 0.587. The Morgan fingerprint density at radius 1 is 1.41 bits per heavy atom. The van der Waals surface area contributed by atoms with Gasteiger partial charge in [-0.25, -0.2) is 0 Å². The van der Waals surface area contributed by atoms with E-state index in [1.165, 1.54) is 11.1 Å². The average molecular weight is 246 g/mol. The molecule has 1 unspecified atom stereocenters. The van der Waals surface area contributed by atoms with Gasteiger partial charge in [-0.05, 0) is 17.5 Å². The molecule has 2 heterocycles. The summed E-state index contributed by atoms with van der Waals surface area (Å²) in [7, 11) is 0. The third-order valence-corrected chi connectivity index (χ3v) is 3.96. The first-order chi connectivity index (χ1) is 8.40. The summed E-state index contributed by atoms with van der Waals surface area (Å²) < 4.78 is 0. The second-order valence-corrected chi connectivity index (χ2v) is 4.93. The highest BCUT2D eigenvalue weighted by molar-refractivity contribution is 7.13. The Balaban J connectivity index is 2.00. The topological polar surface area (TPSA) is 55.0 Å². The number of rotatable bonds is 2. The maximum atomic E-state index is 5.93. The van der Waals surface area contributed by atoms with Crippen molar-refractivity contribution in [3.63, 3.8) is 0 Å². The molecule has 0 saturated carbocycles. The van der Waals surface area contributed by atoms with Crippen LogP contribution in [0.3, 0.4) is 0 Å². The lowest BCUT2D eigenvalue weighted by Gasteiger charge is -2.36. The van der Waals surface area contributed by atoms with Gasteiger partial charge in [0.1, 0.15) is 5.51 Å². The molecule has 1 aromatic carbocycles. The van der Waals surface area contributed by atoms with Crippen LogP contribution in [0.1, 0.15) is 17.2 Å². The van der Waals surface area contributed by atoms with Gasteiger partial charge in [-0.2, -0.15) is 0 Å². The fourth-order valence-electron chi connectivity index (χ4n) is 2.43. The standard InChI is InChI=1S/C12H14N4S/c13-7-11-10-4-2-1-3-9(10)5-6-16(11)12-15-14-8-17-12/h1-4,8,11H,5-7,13H2. The Labute approximate surface area is 104 Å². The molecule has 0 aliphatic carbocycles. The molecule has 0 bridgehead atoms. The molecule has 0 fully saturated rings. The van der Waals surface area contributed by atoms with Crippen LogP contribution in [-0.2, 0) is 6.42 Å². The lowest BCUT2D eigenvalue weighted by atomic mass is 9.93. The molecular formula is C12H14N4S. The van der Waals surface area contributed by atoms with Gasteiger partial charge >= 0.3 is 0 Å². The van der Waals surface area contributed by atoms with Gasteiger partial charge in [0.15, 0.2) is 0 Å². The molecule has 0 spiro atoms. The summed E-state index contributed by atoms with van der Waals surface area (Å²) in [5.41, 5.74) is 10.4. The summed E-state index contributed by atoms with van der Waals surface area (Å²) >= 11 is 1.57. The molecule has 0 amide bonds. The lowest BCUT2D eigenvalue weighted by Crippen LogP contribution is -2.39. The van der Waals surface area contributed by atoms with Crippen LogP contribution in [0.4, 0.5) is 5.13 Å². The highest BCUT2D eigenvalue weighted by atomic mass is 32.1. The summed E-state index contributed by atoms with van der Waals surface area (Å²) in [4.78, 5) is 2.26. The van der Waals surface area contributed by atoms with Crippen molar-refractivity contribution < 1.29 is 0 Å². The molecule has 2 N–H and O–H groups in total. The normalized spacial score (nSPS) is 19.1. The quantitative estimate of drug-likeness (QED) is 0.874. The second kappa shape index (κ2) is 4.43. The predicted molar refractivity (Wildman–Crippen MR) is 69.2 cm³/mol. The van der Waals surface area contributed by atoms with Crippen molar-refractivity contribution in [1.29, 1.82) is 0 Å². The van der Waals surface area contributed by atoms with Crippen molar-refractivity contribution in [3.05, 3.63) is 40.9 Å². The summed E-state index contributed by atoms with van der Waals surface area (Å²) in [5.74, 6) is 0. The molecule has 4 nitrogen and oxygen atoms in total. The average Bonchev–Trinajstić information content (AvgIpc) is 2.91. The van der Waals surface area contributed by atoms with Crippen LogP contribution in [0.5, 0.6) is 0 Å². The Morgan fingerprint density at radius 3 is 3.06 bits per heavy atom. The van der Waals surface area contributed by atoms with Crippen LogP contribution >= 0.6 is 11.3 Å². The number of anilines is 1. The second-order valence-electron chi connectivity index (χ2n) is 4.12. The minimum absolute atomic E-state index is 0.230. The number of nitrogens with two attached hydrogens (primary N) is 1. The molecule has 88 valence electrons. The molecule has 3 rings (SSSR count). The minimum Gasteiger partial charge on any atom is -0.338 e. The van der Waals surface area contributed by atoms with E-state index in [2.05, 4.69) is 39.4 Å². The summed E-state index contributed by atoms with van der Waals surface area (Å²) in [6, 6.07) is 8.75. The van der Waals surface area contributed by atoms with Gasteiger partial charge in [0.05, 0.1) is 6.04 Å². The maximum Gasteiger partial charge on any atom is 0.208 e. The van der Waals surface area contributed by atoms with Gasteiger partial charge in [0, 0.05) is 13.1 Å². The monoisotopic (exact) mass is 246 g/mol. The van der Waals surface area contributed by atoms with E-state index in [-0.39, 0.29) is 6.04 Å². The first-order valence-corrected chi connectivity index (χ1v) is 6.59. The van der Waals surface area contributed by atoms with Crippen molar-refractivity contribution in [2.45, 2.75) is 12.5 Å². The highest BCUT2D eigenvalue weighted by Crippen LogP contribution is 2.33. The molecule has 1 aliphatic heterocycles. The minimum atomic E-state index is 0.230. The first kappa shape index (κ1) is 10.7. The van der Waals surface area contributed by atoms with Crippen molar-refractivity contribution in [2.75, 3.05) is 18.0 Å². The van der Waals surface area contributed by atoms with Gasteiger partial charge in [-0.1, -0.05) is 35.6 Å². The fraction of sp³-hybridized carbons (Fsp3) is 0.333. The van der Waals surface area contributed by atoms with Gasteiger partial charge in [0.2, 0.25) is 5.13 Å².